The molecule has 104 valence electrons. The topological polar surface area (TPSA) is 38.9 Å². The van der Waals surface area contributed by atoms with Gasteiger partial charge in [0.15, 0.2) is 0 Å². The maximum atomic E-state index is 5.74. The van der Waals surface area contributed by atoms with E-state index in [2.05, 4.69) is 45.0 Å². The van der Waals surface area contributed by atoms with Crippen LogP contribution in [-0.4, -0.2) is 11.5 Å². The third-order valence-electron chi connectivity index (χ3n) is 3.78. The Balaban J connectivity index is 2.04. The summed E-state index contributed by atoms with van der Waals surface area (Å²) in [5.41, 5.74) is 7.21. The number of aryl methyl sites for hydroxylation is 1. The maximum Gasteiger partial charge on any atom is 0.0938 e. The van der Waals surface area contributed by atoms with Gasteiger partial charge in [-0.3, -0.25) is 0 Å². The van der Waals surface area contributed by atoms with Crippen molar-refractivity contribution in [2.24, 2.45) is 17.1 Å². The number of aromatic nitrogens is 1. The van der Waals surface area contributed by atoms with Gasteiger partial charge in [0.2, 0.25) is 0 Å². The Labute approximate surface area is 120 Å². The van der Waals surface area contributed by atoms with Crippen LogP contribution in [0.15, 0.2) is 24.3 Å². The highest BCUT2D eigenvalue weighted by molar-refractivity contribution is 7.18. The molecule has 2 rings (SSSR count). The van der Waals surface area contributed by atoms with Gasteiger partial charge in [0.25, 0.3) is 0 Å². The summed E-state index contributed by atoms with van der Waals surface area (Å²) in [6.45, 7) is 7.71. The number of nitrogens with two attached hydrogens (primary N) is 1. The Kier molecular flexibility index (Phi) is 4.58. The minimum Gasteiger partial charge on any atom is -0.330 e. The predicted molar refractivity (Wildman–Crippen MR) is 84.6 cm³/mol. The number of nitrogens with zero attached hydrogens (tertiary/aromatic N) is 1. The molecular weight excluding hydrogens is 252 g/mol. The number of rotatable bonds is 5. The summed E-state index contributed by atoms with van der Waals surface area (Å²) in [5, 5.41) is 1.26. The molecule has 1 heterocycles. The summed E-state index contributed by atoms with van der Waals surface area (Å²) >= 11 is 1.83. The molecular formula is C16H24N2S. The van der Waals surface area contributed by atoms with Gasteiger partial charge in [-0.25, -0.2) is 4.98 Å². The molecule has 19 heavy (non-hydrogen) atoms. The minimum absolute atomic E-state index is 0.329. The number of hydrogen-bond donors (Lipinski definition) is 1. The average molecular weight is 276 g/mol. The first kappa shape index (κ1) is 14.5. The summed E-state index contributed by atoms with van der Waals surface area (Å²) in [6.07, 6.45) is 3.36. The zero-order chi connectivity index (χ0) is 13.9. The van der Waals surface area contributed by atoms with Crippen molar-refractivity contribution in [2.75, 3.05) is 6.54 Å². The van der Waals surface area contributed by atoms with Crippen molar-refractivity contribution in [3.63, 3.8) is 0 Å². The molecule has 1 aromatic heterocycles. The second-order valence-electron chi connectivity index (χ2n) is 6.25. The van der Waals surface area contributed by atoms with Gasteiger partial charge >= 0.3 is 0 Å². The van der Waals surface area contributed by atoms with Crippen LogP contribution in [0.1, 0.15) is 38.6 Å². The van der Waals surface area contributed by atoms with Gasteiger partial charge in [-0.05, 0) is 49.3 Å². The largest absolute Gasteiger partial charge is 0.330 e. The van der Waals surface area contributed by atoms with E-state index in [0.717, 1.165) is 24.9 Å². The minimum atomic E-state index is 0.329. The first-order valence-electron chi connectivity index (χ1n) is 7.05. The molecule has 0 radical (unpaired) electrons. The molecule has 0 bridgehead atoms. The molecule has 1 atom stereocenters. The Bertz CT molecular complexity index is 492. The highest BCUT2D eigenvalue weighted by Crippen LogP contribution is 2.33. The SMILES string of the molecule is CC(C)(C)C(CCN)CCc1nc2ccccc2s1. The van der Waals surface area contributed by atoms with Gasteiger partial charge < -0.3 is 5.73 Å². The van der Waals surface area contributed by atoms with Crippen molar-refractivity contribution in [2.45, 2.75) is 40.0 Å². The van der Waals surface area contributed by atoms with E-state index in [0.29, 0.717) is 11.3 Å². The van der Waals surface area contributed by atoms with Crippen LogP contribution in [0.3, 0.4) is 0 Å². The van der Waals surface area contributed by atoms with Crippen LogP contribution >= 0.6 is 11.3 Å². The molecule has 1 unspecified atom stereocenters. The van der Waals surface area contributed by atoms with E-state index in [1.54, 1.807) is 0 Å². The number of fused-ring (bicyclic) bond motifs is 1. The molecule has 2 N–H and O–H groups in total. The molecule has 0 fully saturated rings. The second-order valence-corrected chi connectivity index (χ2v) is 7.37. The molecule has 3 heteroatoms. The Morgan fingerprint density at radius 3 is 2.58 bits per heavy atom. The van der Waals surface area contributed by atoms with E-state index >= 15 is 0 Å². The first-order chi connectivity index (χ1) is 9.00. The predicted octanol–water partition coefficient (Wildman–Crippen LogP) is 4.24. The summed E-state index contributed by atoms with van der Waals surface area (Å²) in [6, 6.07) is 8.38. The molecule has 1 aromatic carbocycles. The van der Waals surface area contributed by atoms with Gasteiger partial charge in [-0.1, -0.05) is 32.9 Å². The Hall–Kier alpha value is -0.930. The van der Waals surface area contributed by atoms with Crippen LogP contribution in [0.25, 0.3) is 10.2 Å². The molecule has 0 amide bonds. The van der Waals surface area contributed by atoms with Gasteiger partial charge in [-0.2, -0.15) is 0 Å². The summed E-state index contributed by atoms with van der Waals surface area (Å²) in [5.74, 6) is 0.671. The quantitative estimate of drug-likeness (QED) is 0.887. The lowest BCUT2D eigenvalue weighted by atomic mass is 9.76. The highest BCUT2D eigenvalue weighted by Gasteiger charge is 2.23. The maximum absolute atomic E-state index is 5.74. The van der Waals surface area contributed by atoms with Crippen molar-refractivity contribution in [3.05, 3.63) is 29.3 Å². The third kappa shape index (κ3) is 3.77. The van der Waals surface area contributed by atoms with Crippen molar-refractivity contribution < 1.29 is 0 Å². The van der Waals surface area contributed by atoms with Crippen LogP contribution in [0.5, 0.6) is 0 Å². The lowest BCUT2D eigenvalue weighted by molar-refractivity contribution is 0.215. The third-order valence-corrected chi connectivity index (χ3v) is 4.88. The number of thiazole rings is 1. The van der Waals surface area contributed by atoms with Crippen LogP contribution in [0.4, 0.5) is 0 Å². The normalized spacial score (nSPS) is 13.9. The van der Waals surface area contributed by atoms with E-state index in [1.165, 1.54) is 16.1 Å². The summed E-state index contributed by atoms with van der Waals surface area (Å²) in [4.78, 5) is 4.71. The molecule has 0 spiro atoms. The lowest BCUT2D eigenvalue weighted by Gasteiger charge is -2.30. The van der Waals surface area contributed by atoms with Crippen molar-refractivity contribution in [1.29, 1.82) is 0 Å². The smallest absolute Gasteiger partial charge is 0.0938 e. The number of hydrogen-bond acceptors (Lipinski definition) is 3. The van der Waals surface area contributed by atoms with Crippen LogP contribution in [0, 0.1) is 11.3 Å². The Morgan fingerprint density at radius 2 is 1.95 bits per heavy atom. The van der Waals surface area contributed by atoms with E-state index in [9.17, 15) is 0 Å². The summed E-state index contributed by atoms with van der Waals surface area (Å²) < 4.78 is 1.30. The van der Waals surface area contributed by atoms with Gasteiger partial charge in [0.05, 0.1) is 15.2 Å². The number of benzene rings is 1. The lowest BCUT2D eigenvalue weighted by Crippen LogP contribution is -2.24. The molecule has 2 aromatic rings. The van der Waals surface area contributed by atoms with Gasteiger partial charge in [0.1, 0.15) is 0 Å². The van der Waals surface area contributed by atoms with Crippen molar-refractivity contribution in [3.8, 4) is 0 Å². The zero-order valence-electron chi connectivity index (χ0n) is 12.1. The van der Waals surface area contributed by atoms with Gasteiger partial charge in [-0.15, -0.1) is 11.3 Å². The average Bonchev–Trinajstić information content (AvgIpc) is 2.75. The van der Waals surface area contributed by atoms with E-state index in [4.69, 9.17) is 10.7 Å². The second kappa shape index (κ2) is 6.02. The fourth-order valence-electron chi connectivity index (χ4n) is 2.54. The van der Waals surface area contributed by atoms with E-state index < -0.39 is 0 Å². The first-order valence-corrected chi connectivity index (χ1v) is 7.87. The molecule has 2 nitrogen and oxygen atoms in total. The zero-order valence-corrected chi connectivity index (χ0v) is 13.0. The number of para-hydroxylation sites is 1. The standard InChI is InChI=1S/C16H24N2S/c1-16(2,3)12(10-11-17)8-9-15-18-13-6-4-5-7-14(13)19-15/h4-7,12H,8-11,17H2,1-3H3. The monoisotopic (exact) mass is 276 g/mol. The summed E-state index contributed by atoms with van der Waals surface area (Å²) in [7, 11) is 0. The fourth-order valence-corrected chi connectivity index (χ4v) is 3.52. The molecule has 0 aliphatic carbocycles. The molecule has 0 aliphatic rings. The van der Waals surface area contributed by atoms with E-state index in [1.807, 2.05) is 11.3 Å². The fraction of sp³-hybridized carbons (Fsp3) is 0.562. The molecule has 0 saturated heterocycles. The van der Waals surface area contributed by atoms with Crippen molar-refractivity contribution in [1.82, 2.24) is 4.98 Å². The van der Waals surface area contributed by atoms with Crippen LogP contribution in [0.2, 0.25) is 0 Å². The molecule has 0 saturated carbocycles. The van der Waals surface area contributed by atoms with E-state index in [-0.39, 0.29) is 0 Å². The molecule has 0 aliphatic heterocycles. The van der Waals surface area contributed by atoms with Crippen LogP contribution in [-0.2, 0) is 6.42 Å². The van der Waals surface area contributed by atoms with Gasteiger partial charge in [0, 0.05) is 0 Å². The Morgan fingerprint density at radius 1 is 1.21 bits per heavy atom. The highest BCUT2D eigenvalue weighted by atomic mass is 32.1. The van der Waals surface area contributed by atoms with Crippen LogP contribution < -0.4 is 5.73 Å². The van der Waals surface area contributed by atoms with Crippen molar-refractivity contribution >= 4 is 21.6 Å².